The van der Waals surface area contributed by atoms with Gasteiger partial charge < -0.3 is 15.8 Å². The minimum Gasteiger partial charge on any atom is -0.464 e. The fourth-order valence-electron chi connectivity index (χ4n) is 1.81. The number of nitrogens with one attached hydrogen (secondary N) is 1. The minimum absolute atomic E-state index is 0.000871. The second-order valence-electron chi connectivity index (χ2n) is 4.71. The Labute approximate surface area is 119 Å². The Morgan fingerprint density at radius 3 is 2.60 bits per heavy atom. The molecule has 2 atom stereocenters. The first kappa shape index (κ1) is 16.0. The molecule has 0 fully saturated rings. The van der Waals surface area contributed by atoms with Crippen molar-refractivity contribution >= 4 is 17.6 Å². The van der Waals surface area contributed by atoms with Crippen molar-refractivity contribution in [1.29, 1.82) is 0 Å². The molecular formula is C15H22N2O3. The van der Waals surface area contributed by atoms with Gasteiger partial charge in [0.1, 0.15) is 6.04 Å². The molecule has 1 aromatic carbocycles. The number of amides is 1. The number of carbonyl (C=O) groups excluding carboxylic acids is 2. The van der Waals surface area contributed by atoms with Gasteiger partial charge in [-0.3, -0.25) is 4.79 Å². The molecule has 5 heteroatoms. The highest BCUT2D eigenvalue weighted by atomic mass is 16.5. The summed E-state index contributed by atoms with van der Waals surface area (Å²) in [6, 6.07) is 5.99. The number of anilines is 1. The Kier molecular flexibility index (Phi) is 6.03. The number of ether oxygens (including phenoxy) is 1. The van der Waals surface area contributed by atoms with Gasteiger partial charge in [0.15, 0.2) is 0 Å². The third-order valence-electron chi connectivity index (χ3n) is 3.19. The number of hydrogen-bond donors (Lipinski definition) is 2. The van der Waals surface area contributed by atoms with E-state index in [1.165, 1.54) is 0 Å². The van der Waals surface area contributed by atoms with Gasteiger partial charge in [0.2, 0.25) is 0 Å². The van der Waals surface area contributed by atoms with Crippen LogP contribution in [0.2, 0.25) is 0 Å². The maximum atomic E-state index is 12.2. The lowest BCUT2D eigenvalue weighted by atomic mass is 9.98. The van der Waals surface area contributed by atoms with Crippen LogP contribution in [0, 0.1) is 5.92 Å². The molecule has 0 aliphatic heterocycles. The van der Waals surface area contributed by atoms with E-state index in [0.717, 1.165) is 6.42 Å². The third-order valence-corrected chi connectivity index (χ3v) is 3.19. The van der Waals surface area contributed by atoms with E-state index in [9.17, 15) is 9.59 Å². The number of carbonyl (C=O) groups is 2. The highest BCUT2D eigenvalue weighted by Crippen LogP contribution is 2.12. The molecule has 3 N–H and O–H groups in total. The van der Waals surface area contributed by atoms with E-state index < -0.39 is 12.0 Å². The molecular weight excluding hydrogens is 256 g/mol. The maximum Gasteiger partial charge on any atom is 0.328 e. The number of hydrogen-bond acceptors (Lipinski definition) is 4. The molecule has 0 aromatic heterocycles. The highest BCUT2D eigenvalue weighted by molar-refractivity contribution is 5.97. The normalized spacial score (nSPS) is 13.3. The maximum absolute atomic E-state index is 12.2. The Hall–Kier alpha value is -2.04. The molecule has 0 aliphatic carbocycles. The Balaban J connectivity index is 2.84. The first-order chi connectivity index (χ1) is 9.49. The number of nitrogen functional groups attached to an aromatic ring is 1. The number of nitrogens with two attached hydrogens (primary N) is 1. The molecule has 1 rings (SSSR count). The van der Waals surface area contributed by atoms with Crippen LogP contribution >= 0.6 is 0 Å². The van der Waals surface area contributed by atoms with Gasteiger partial charge >= 0.3 is 5.97 Å². The van der Waals surface area contributed by atoms with E-state index >= 15 is 0 Å². The zero-order valence-electron chi connectivity index (χ0n) is 12.2. The summed E-state index contributed by atoms with van der Waals surface area (Å²) >= 11 is 0. The average Bonchev–Trinajstić information content (AvgIpc) is 2.43. The van der Waals surface area contributed by atoms with Gasteiger partial charge in [0.25, 0.3) is 5.91 Å². The van der Waals surface area contributed by atoms with Gasteiger partial charge in [0.05, 0.1) is 6.61 Å². The first-order valence-corrected chi connectivity index (χ1v) is 6.82. The fraction of sp³-hybridized carbons (Fsp3) is 0.467. The zero-order valence-corrected chi connectivity index (χ0v) is 12.2. The number of rotatable bonds is 6. The predicted octanol–water partition coefficient (Wildman–Crippen LogP) is 1.98. The van der Waals surface area contributed by atoms with E-state index in [-0.39, 0.29) is 11.8 Å². The summed E-state index contributed by atoms with van der Waals surface area (Å²) in [5.74, 6) is -0.728. The van der Waals surface area contributed by atoms with Crippen LogP contribution in [0.15, 0.2) is 24.3 Å². The third kappa shape index (κ3) is 4.26. The lowest BCUT2D eigenvalue weighted by molar-refractivity contribution is -0.146. The summed E-state index contributed by atoms with van der Waals surface area (Å²) in [7, 11) is 0. The van der Waals surface area contributed by atoms with Crippen molar-refractivity contribution in [1.82, 2.24) is 5.32 Å². The second-order valence-corrected chi connectivity index (χ2v) is 4.71. The standard InChI is InChI=1S/C15H22N2O3/c1-4-10(3)13(15(19)20-5-2)17-14(18)11-7-6-8-12(16)9-11/h6-10,13H,4-5,16H2,1-3H3,(H,17,18). The first-order valence-electron chi connectivity index (χ1n) is 6.82. The molecule has 2 unspecified atom stereocenters. The molecule has 0 saturated heterocycles. The van der Waals surface area contributed by atoms with Gasteiger partial charge in [0, 0.05) is 11.3 Å². The molecule has 0 radical (unpaired) electrons. The van der Waals surface area contributed by atoms with Crippen LogP contribution in [0.25, 0.3) is 0 Å². The largest absolute Gasteiger partial charge is 0.464 e. The molecule has 0 aliphatic rings. The van der Waals surface area contributed by atoms with Crippen LogP contribution in [0.5, 0.6) is 0 Å². The van der Waals surface area contributed by atoms with Crippen LogP contribution in [0.3, 0.4) is 0 Å². The molecule has 20 heavy (non-hydrogen) atoms. The minimum atomic E-state index is -0.645. The van der Waals surface area contributed by atoms with E-state index in [1.807, 2.05) is 13.8 Å². The van der Waals surface area contributed by atoms with Crippen molar-refractivity contribution in [2.45, 2.75) is 33.2 Å². The Bertz CT molecular complexity index is 474. The molecule has 1 aromatic rings. The molecule has 5 nitrogen and oxygen atoms in total. The van der Waals surface area contributed by atoms with Crippen molar-refractivity contribution < 1.29 is 14.3 Å². The summed E-state index contributed by atoms with van der Waals surface area (Å²) in [6.45, 7) is 5.90. The fourth-order valence-corrected chi connectivity index (χ4v) is 1.81. The summed E-state index contributed by atoms with van der Waals surface area (Å²) in [6.07, 6.45) is 0.765. The van der Waals surface area contributed by atoms with Crippen molar-refractivity contribution in [2.24, 2.45) is 5.92 Å². The van der Waals surface area contributed by atoms with Crippen LogP contribution in [0.4, 0.5) is 5.69 Å². The van der Waals surface area contributed by atoms with Crippen LogP contribution in [-0.4, -0.2) is 24.5 Å². The van der Waals surface area contributed by atoms with Gasteiger partial charge in [-0.1, -0.05) is 26.3 Å². The molecule has 0 saturated carbocycles. The summed E-state index contributed by atoms with van der Waals surface area (Å²) in [5, 5.41) is 2.73. The quantitative estimate of drug-likeness (QED) is 0.616. The van der Waals surface area contributed by atoms with Crippen LogP contribution in [-0.2, 0) is 9.53 Å². The van der Waals surface area contributed by atoms with Gasteiger partial charge in [-0.05, 0) is 31.0 Å². The summed E-state index contributed by atoms with van der Waals surface area (Å²) < 4.78 is 5.01. The molecule has 0 heterocycles. The topological polar surface area (TPSA) is 81.4 Å². The molecule has 1 amide bonds. The van der Waals surface area contributed by atoms with Crippen LogP contribution < -0.4 is 11.1 Å². The van der Waals surface area contributed by atoms with E-state index in [0.29, 0.717) is 17.9 Å². The number of esters is 1. The smallest absolute Gasteiger partial charge is 0.328 e. The molecule has 110 valence electrons. The van der Waals surface area contributed by atoms with Crippen molar-refractivity contribution in [2.75, 3.05) is 12.3 Å². The Morgan fingerprint density at radius 2 is 2.05 bits per heavy atom. The van der Waals surface area contributed by atoms with E-state index in [2.05, 4.69) is 5.32 Å². The van der Waals surface area contributed by atoms with Gasteiger partial charge in [-0.2, -0.15) is 0 Å². The van der Waals surface area contributed by atoms with E-state index in [4.69, 9.17) is 10.5 Å². The molecule has 0 bridgehead atoms. The monoisotopic (exact) mass is 278 g/mol. The average molecular weight is 278 g/mol. The van der Waals surface area contributed by atoms with Crippen LogP contribution in [0.1, 0.15) is 37.6 Å². The van der Waals surface area contributed by atoms with Gasteiger partial charge in [-0.15, -0.1) is 0 Å². The summed E-state index contributed by atoms with van der Waals surface area (Å²) in [5.41, 5.74) is 6.59. The summed E-state index contributed by atoms with van der Waals surface area (Å²) in [4.78, 5) is 24.1. The molecule has 0 spiro atoms. The van der Waals surface area contributed by atoms with Crippen molar-refractivity contribution in [3.05, 3.63) is 29.8 Å². The zero-order chi connectivity index (χ0) is 15.1. The lowest BCUT2D eigenvalue weighted by Gasteiger charge is -2.22. The van der Waals surface area contributed by atoms with Crippen molar-refractivity contribution in [3.63, 3.8) is 0 Å². The lowest BCUT2D eigenvalue weighted by Crippen LogP contribution is -2.46. The SMILES string of the molecule is CCOC(=O)C(NC(=O)c1cccc(N)c1)C(C)CC. The number of benzene rings is 1. The van der Waals surface area contributed by atoms with Gasteiger partial charge in [-0.25, -0.2) is 4.79 Å². The second kappa shape index (κ2) is 7.53. The van der Waals surface area contributed by atoms with E-state index in [1.54, 1.807) is 31.2 Å². The Morgan fingerprint density at radius 1 is 1.35 bits per heavy atom. The van der Waals surface area contributed by atoms with Crippen molar-refractivity contribution in [3.8, 4) is 0 Å². The highest BCUT2D eigenvalue weighted by Gasteiger charge is 2.27. The predicted molar refractivity (Wildman–Crippen MR) is 78.2 cm³/mol.